The standard InChI is InChI=1S/C6H3Cl3OSe/c7-6(8,9)5(10)4-2-1-3-11-4/h1-3H. The Morgan fingerprint density at radius 2 is 2.09 bits per heavy atom. The van der Waals surface area contributed by atoms with Gasteiger partial charge in [0.15, 0.2) is 0 Å². The van der Waals surface area contributed by atoms with Crippen molar-refractivity contribution < 1.29 is 4.79 Å². The SMILES string of the molecule is O=C(c1ccc[se]1)C(Cl)(Cl)Cl. The first-order chi connectivity index (χ1) is 5.02. The van der Waals surface area contributed by atoms with Crippen molar-refractivity contribution in [3.8, 4) is 0 Å². The van der Waals surface area contributed by atoms with E-state index in [-0.39, 0.29) is 14.5 Å². The average molecular weight is 276 g/mol. The van der Waals surface area contributed by atoms with Crippen LogP contribution in [0.15, 0.2) is 17.1 Å². The number of carbonyl (C=O) groups excluding carboxylic acids is 1. The van der Waals surface area contributed by atoms with E-state index in [9.17, 15) is 4.79 Å². The number of alkyl halides is 3. The van der Waals surface area contributed by atoms with Gasteiger partial charge >= 0.3 is 85.2 Å². The van der Waals surface area contributed by atoms with Crippen LogP contribution < -0.4 is 0 Å². The van der Waals surface area contributed by atoms with E-state index in [2.05, 4.69) is 0 Å². The molecule has 0 aromatic carbocycles. The van der Waals surface area contributed by atoms with Crippen LogP contribution in [0.5, 0.6) is 0 Å². The third-order valence-electron chi connectivity index (χ3n) is 1.00. The van der Waals surface area contributed by atoms with Crippen LogP contribution in [0.4, 0.5) is 0 Å². The number of rotatable bonds is 1. The van der Waals surface area contributed by atoms with Crippen LogP contribution in [0.1, 0.15) is 9.23 Å². The molecule has 0 aliphatic heterocycles. The predicted molar refractivity (Wildman–Crippen MR) is 48.0 cm³/mol. The van der Waals surface area contributed by atoms with Gasteiger partial charge in [0, 0.05) is 0 Å². The molecular weight excluding hydrogens is 273 g/mol. The molecule has 1 rings (SSSR count). The first-order valence-electron chi connectivity index (χ1n) is 2.67. The van der Waals surface area contributed by atoms with Crippen molar-refractivity contribution in [1.82, 2.24) is 0 Å². The molecule has 1 heterocycles. The topological polar surface area (TPSA) is 17.1 Å². The van der Waals surface area contributed by atoms with E-state index in [1.54, 1.807) is 12.1 Å². The van der Waals surface area contributed by atoms with Gasteiger partial charge in [-0.05, 0) is 0 Å². The Labute approximate surface area is 85.0 Å². The molecule has 0 atom stereocenters. The number of hydrogen-bond acceptors (Lipinski definition) is 1. The van der Waals surface area contributed by atoms with Crippen molar-refractivity contribution in [2.75, 3.05) is 0 Å². The van der Waals surface area contributed by atoms with Crippen molar-refractivity contribution in [2.45, 2.75) is 3.79 Å². The molecule has 0 saturated heterocycles. The fraction of sp³-hybridized carbons (Fsp3) is 0.167. The third-order valence-corrected chi connectivity index (χ3v) is 3.34. The second-order valence-electron chi connectivity index (χ2n) is 1.80. The molecule has 0 fully saturated rings. The molecule has 0 spiro atoms. The Balaban J connectivity index is 2.88. The van der Waals surface area contributed by atoms with E-state index in [1.165, 1.54) is 0 Å². The van der Waals surface area contributed by atoms with E-state index in [0.29, 0.717) is 4.44 Å². The fourth-order valence-electron chi connectivity index (χ4n) is 0.547. The van der Waals surface area contributed by atoms with E-state index >= 15 is 0 Å². The number of Topliss-reactive ketones (excluding diaryl/α,β-unsaturated/α-hetero) is 1. The molecule has 1 aromatic rings. The zero-order chi connectivity index (χ0) is 8.48. The second kappa shape index (κ2) is 3.51. The maximum atomic E-state index is 11.2. The average Bonchev–Trinajstić information content (AvgIpc) is 2.34. The molecule has 1 aromatic heterocycles. The Morgan fingerprint density at radius 3 is 2.45 bits per heavy atom. The van der Waals surface area contributed by atoms with Crippen LogP contribution in [0.3, 0.4) is 0 Å². The fourth-order valence-corrected chi connectivity index (χ4v) is 2.75. The molecule has 0 aliphatic rings. The van der Waals surface area contributed by atoms with Crippen molar-refractivity contribution >= 4 is 55.1 Å². The van der Waals surface area contributed by atoms with E-state index in [1.807, 2.05) is 4.94 Å². The molecule has 0 saturated carbocycles. The summed E-state index contributed by atoms with van der Waals surface area (Å²) < 4.78 is -1.18. The minimum atomic E-state index is -1.79. The molecule has 1 nitrogen and oxygen atoms in total. The van der Waals surface area contributed by atoms with Crippen LogP contribution in [0.25, 0.3) is 0 Å². The van der Waals surface area contributed by atoms with E-state index in [0.717, 1.165) is 0 Å². The van der Waals surface area contributed by atoms with Crippen molar-refractivity contribution in [1.29, 1.82) is 0 Å². The Hall–Kier alpha value is 0.539. The molecule has 5 heteroatoms. The maximum absolute atomic E-state index is 11.2. The molecule has 0 aliphatic carbocycles. The second-order valence-corrected chi connectivity index (χ2v) is 6.07. The molecule has 0 radical (unpaired) electrons. The van der Waals surface area contributed by atoms with Gasteiger partial charge in [-0.25, -0.2) is 0 Å². The molecular formula is C6H3Cl3OSe. The van der Waals surface area contributed by atoms with E-state index in [4.69, 9.17) is 34.8 Å². The molecule has 11 heavy (non-hydrogen) atoms. The molecule has 60 valence electrons. The molecule has 0 N–H and O–H groups in total. The molecule has 0 amide bonds. The number of halogens is 3. The van der Waals surface area contributed by atoms with Gasteiger partial charge in [-0.3, -0.25) is 0 Å². The van der Waals surface area contributed by atoms with Crippen molar-refractivity contribution in [2.24, 2.45) is 0 Å². The summed E-state index contributed by atoms with van der Waals surface area (Å²) in [5, 5.41) is 0. The summed E-state index contributed by atoms with van der Waals surface area (Å²) in [5.74, 6) is -0.410. The number of ketones is 1. The molecule has 0 bridgehead atoms. The zero-order valence-electron chi connectivity index (χ0n) is 5.18. The summed E-state index contributed by atoms with van der Waals surface area (Å²) in [7, 11) is 0. The zero-order valence-corrected chi connectivity index (χ0v) is 9.16. The van der Waals surface area contributed by atoms with E-state index < -0.39 is 9.58 Å². The summed E-state index contributed by atoms with van der Waals surface area (Å²) in [6, 6.07) is 3.48. The normalized spacial score (nSPS) is 11.5. The Kier molecular flexibility index (Phi) is 3.07. The first kappa shape index (κ1) is 9.63. The first-order valence-corrected chi connectivity index (χ1v) is 5.65. The van der Waals surface area contributed by atoms with Gasteiger partial charge in [-0.1, -0.05) is 0 Å². The van der Waals surface area contributed by atoms with Crippen LogP contribution in [-0.2, 0) is 0 Å². The summed E-state index contributed by atoms with van der Waals surface area (Å²) in [6.45, 7) is 0. The summed E-state index contributed by atoms with van der Waals surface area (Å²) in [5.41, 5.74) is 0. The van der Waals surface area contributed by atoms with Gasteiger partial charge in [-0.2, -0.15) is 0 Å². The van der Waals surface area contributed by atoms with Gasteiger partial charge in [0.25, 0.3) is 0 Å². The quantitative estimate of drug-likeness (QED) is 0.437. The number of hydrogen-bond donors (Lipinski definition) is 0. The minimum absolute atomic E-state index is 0.0427. The summed E-state index contributed by atoms with van der Waals surface area (Å²) in [6.07, 6.45) is 0. The predicted octanol–water partition coefficient (Wildman–Crippen LogP) is 2.30. The van der Waals surface area contributed by atoms with Crippen LogP contribution in [0, 0.1) is 0 Å². The Bertz CT molecular complexity index is 249. The van der Waals surface area contributed by atoms with Crippen LogP contribution in [0.2, 0.25) is 0 Å². The van der Waals surface area contributed by atoms with Crippen LogP contribution in [-0.4, -0.2) is 24.1 Å². The van der Waals surface area contributed by atoms with Crippen molar-refractivity contribution in [3.05, 3.63) is 21.5 Å². The van der Waals surface area contributed by atoms with Crippen molar-refractivity contribution in [3.63, 3.8) is 0 Å². The van der Waals surface area contributed by atoms with Gasteiger partial charge in [0.2, 0.25) is 0 Å². The number of carbonyl (C=O) groups is 1. The van der Waals surface area contributed by atoms with Gasteiger partial charge < -0.3 is 0 Å². The summed E-state index contributed by atoms with van der Waals surface area (Å²) in [4.78, 5) is 13.1. The molecule has 0 unspecified atom stereocenters. The van der Waals surface area contributed by atoms with Gasteiger partial charge in [0.05, 0.1) is 0 Å². The summed E-state index contributed by atoms with van der Waals surface area (Å²) >= 11 is 16.2. The monoisotopic (exact) mass is 276 g/mol. The Morgan fingerprint density at radius 1 is 1.45 bits per heavy atom. The van der Waals surface area contributed by atoms with Crippen LogP contribution >= 0.6 is 34.8 Å². The van der Waals surface area contributed by atoms with Gasteiger partial charge in [0.1, 0.15) is 0 Å². The third kappa shape index (κ3) is 2.50. The van der Waals surface area contributed by atoms with Gasteiger partial charge in [-0.15, -0.1) is 0 Å².